The summed E-state index contributed by atoms with van der Waals surface area (Å²) >= 11 is 0. The number of nitrogens with one attached hydrogen (secondary N) is 2. The normalized spacial score (nSPS) is 17.7. The van der Waals surface area contributed by atoms with Gasteiger partial charge in [0.25, 0.3) is 11.8 Å². The third-order valence-corrected chi connectivity index (χ3v) is 5.87. The van der Waals surface area contributed by atoms with Crippen LogP contribution in [0.25, 0.3) is 10.9 Å². The first-order valence-corrected chi connectivity index (χ1v) is 9.94. The second-order valence-corrected chi connectivity index (χ2v) is 7.84. The van der Waals surface area contributed by atoms with Crippen molar-refractivity contribution in [2.24, 2.45) is 7.05 Å². The van der Waals surface area contributed by atoms with Gasteiger partial charge in [-0.3, -0.25) is 9.59 Å². The van der Waals surface area contributed by atoms with Gasteiger partial charge in [-0.25, -0.2) is 0 Å². The Kier molecular flexibility index (Phi) is 4.08. The van der Waals surface area contributed by atoms with Crippen molar-refractivity contribution in [2.75, 3.05) is 13.7 Å². The van der Waals surface area contributed by atoms with Crippen LogP contribution in [0.1, 0.15) is 50.6 Å². The van der Waals surface area contributed by atoms with Gasteiger partial charge in [-0.15, -0.1) is 0 Å². The van der Waals surface area contributed by atoms with Gasteiger partial charge in [-0.1, -0.05) is 12.1 Å². The maximum atomic E-state index is 12.7. The summed E-state index contributed by atoms with van der Waals surface area (Å²) in [5.41, 5.74) is 4.09. The molecule has 1 unspecified atom stereocenters. The molecule has 1 aliphatic carbocycles. The highest BCUT2D eigenvalue weighted by atomic mass is 16.5. The number of rotatable bonds is 4. The summed E-state index contributed by atoms with van der Waals surface area (Å²) in [5, 5.41) is 6.84. The Hall–Kier alpha value is -3.28. The van der Waals surface area contributed by atoms with Crippen molar-refractivity contribution in [2.45, 2.75) is 24.8 Å². The maximum absolute atomic E-state index is 12.7. The van der Waals surface area contributed by atoms with Gasteiger partial charge in [0.1, 0.15) is 5.75 Å². The first-order chi connectivity index (χ1) is 14.1. The molecule has 5 rings (SSSR count). The molecule has 6 nitrogen and oxygen atoms in total. The Morgan fingerprint density at radius 3 is 2.69 bits per heavy atom. The van der Waals surface area contributed by atoms with Crippen LogP contribution in [0, 0.1) is 0 Å². The van der Waals surface area contributed by atoms with Crippen molar-refractivity contribution < 1.29 is 14.3 Å². The molecule has 0 radical (unpaired) electrons. The predicted molar refractivity (Wildman–Crippen MR) is 111 cm³/mol. The third kappa shape index (κ3) is 2.95. The molecule has 3 aromatic rings. The van der Waals surface area contributed by atoms with Crippen molar-refractivity contribution in [3.05, 3.63) is 64.8 Å². The summed E-state index contributed by atoms with van der Waals surface area (Å²) in [4.78, 5) is 25.2. The third-order valence-electron chi connectivity index (χ3n) is 5.87. The van der Waals surface area contributed by atoms with Crippen LogP contribution in [-0.4, -0.2) is 36.1 Å². The molecular weight excluding hydrogens is 366 g/mol. The fourth-order valence-electron chi connectivity index (χ4n) is 4.15. The molecule has 0 saturated heterocycles. The fourth-order valence-corrected chi connectivity index (χ4v) is 4.15. The molecule has 148 valence electrons. The van der Waals surface area contributed by atoms with E-state index in [9.17, 15) is 9.59 Å². The summed E-state index contributed by atoms with van der Waals surface area (Å²) in [5.74, 6) is 0.156. The number of hydrogen-bond donors (Lipinski definition) is 2. The summed E-state index contributed by atoms with van der Waals surface area (Å²) in [6.07, 6.45) is 4.07. The van der Waals surface area contributed by atoms with E-state index in [0.29, 0.717) is 23.5 Å². The number of hydrogen-bond acceptors (Lipinski definition) is 3. The SMILES string of the molecule is CNC(=O)c1cc(C(=O)NC2CC2)cc2c1OCC2c1cccc2c1ccn2C. The minimum atomic E-state index is -0.249. The zero-order valence-electron chi connectivity index (χ0n) is 16.5. The van der Waals surface area contributed by atoms with Gasteiger partial charge in [0.05, 0.1) is 12.2 Å². The molecule has 1 atom stereocenters. The molecule has 2 N–H and O–H groups in total. The fraction of sp³-hybridized carbons (Fsp3) is 0.304. The smallest absolute Gasteiger partial charge is 0.254 e. The van der Waals surface area contributed by atoms with Gasteiger partial charge in [0, 0.05) is 54.3 Å². The largest absolute Gasteiger partial charge is 0.491 e. The number of aryl methyl sites for hydroxylation is 1. The van der Waals surface area contributed by atoms with E-state index in [1.54, 1.807) is 13.1 Å². The molecule has 0 bridgehead atoms. The number of benzene rings is 2. The Bertz CT molecular complexity index is 1140. The molecule has 2 aliphatic rings. The molecule has 29 heavy (non-hydrogen) atoms. The average molecular weight is 389 g/mol. The van der Waals surface area contributed by atoms with Gasteiger partial charge in [0.2, 0.25) is 0 Å². The highest BCUT2D eigenvalue weighted by Gasteiger charge is 2.33. The Morgan fingerprint density at radius 2 is 1.93 bits per heavy atom. The standard InChI is InChI=1S/C23H23N3O3/c1-24-23(28)18-11-13(22(27)25-14-6-7-14)10-17-19(12-29-21(17)18)15-4-3-5-20-16(15)8-9-26(20)2/h3-5,8-11,14,19H,6-7,12H2,1-2H3,(H,24,28)(H,25,27). The van der Waals surface area contributed by atoms with Gasteiger partial charge in [-0.2, -0.15) is 0 Å². The molecular formula is C23H23N3O3. The summed E-state index contributed by atoms with van der Waals surface area (Å²) < 4.78 is 8.09. The highest BCUT2D eigenvalue weighted by molar-refractivity contribution is 6.02. The lowest BCUT2D eigenvalue weighted by Crippen LogP contribution is -2.26. The molecule has 1 fully saturated rings. The number of carbonyl (C=O) groups is 2. The Labute approximate surface area is 168 Å². The zero-order valence-corrected chi connectivity index (χ0v) is 16.5. The van der Waals surface area contributed by atoms with E-state index >= 15 is 0 Å². The van der Waals surface area contributed by atoms with E-state index in [0.717, 1.165) is 34.9 Å². The average Bonchev–Trinajstić information content (AvgIpc) is 3.32. The van der Waals surface area contributed by atoms with Crippen LogP contribution in [0.2, 0.25) is 0 Å². The predicted octanol–water partition coefficient (Wildman–Crippen LogP) is 2.95. The van der Waals surface area contributed by atoms with E-state index < -0.39 is 0 Å². The molecule has 2 aromatic carbocycles. The summed E-state index contributed by atoms with van der Waals surface area (Å²) in [6.45, 7) is 0.445. The van der Waals surface area contributed by atoms with Crippen molar-refractivity contribution in [3.8, 4) is 5.75 Å². The summed E-state index contributed by atoms with van der Waals surface area (Å²) in [6, 6.07) is 12.1. The van der Waals surface area contributed by atoms with E-state index in [1.165, 1.54) is 0 Å². The minimum absolute atomic E-state index is 0.0341. The molecule has 0 spiro atoms. The number of ether oxygens (including phenoxy) is 1. The Balaban J connectivity index is 1.64. The van der Waals surface area contributed by atoms with Crippen LogP contribution in [0.5, 0.6) is 5.75 Å². The van der Waals surface area contributed by atoms with Crippen molar-refractivity contribution in [1.82, 2.24) is 15.2 Å². The van der Waals surface area contributed by atoms with E-state index in [4.69, 9.17) is 4.74 Å². The van der Waals surface area contributed by atoms with Crippen LogP contribution < -0.4 is 15.4 Å². The Morgan fingerprint density at radius 1 is 1.10 bits per heavy atom. The number of amides is 2. The lowest BCUT2D eigenvalue weighted by Gasteiger charge is -2.14. The maximum Gasteiger partial charge on any atom is 0.254 e. The van der Waals surface area contributed by atoms with Crippen LogP contribution in [0.15, 0.2) is 42.6 Å². The molecule has 2 heterocycles. The lowest BCUT2D eigenvalue weighted by atomic mass is 9.88. The van der Waals surface area contributed by atoms with Gasteiger partial charge < -0.3 is 19.9 Å². The molecule has 1 aromatic heterocycles. The van der Waals surface area contributed by atoms with Crippen molar-refractivity contribution >= 4 is 22.7 Å². The van der Waals surface area contributed by atoms with E-state index in [2.05, 4.69) is 33.4 Å². The zero-order chi connectivity index (χ0) is 20.1. The van der Waals surface area contributed by atoms with Crippen molar-refractivity contribution in [1.29, 1.82) is 0 Å². The van der Waals surface area contributed by atoms with E-state index in [-0.39, 0.29) is 23.8 Å². The van der Waals surface area contributed by atoms with Crippen LogP contribution in [0.3, 0.4) is 0 Å². The molecule has 1 aliphatic heterocycles. The number of carbonyl (C=O) groups excluding carboxylic acids is 2. The van der Waals surface area contributed by atoms with Crippen LogP contribution in [0.4, 0.5) is 0 Å². The first kappa shape index (κ1) is 17.8. The summed E-state index contributed by atoms with van der Waals surface area (Å²) in [7, 11) is 3.61. The lowest BCUT2D eigenvalue weighted by molar-refractivity contribution is 0.0951. The quantitative estimate of drug-likeness (QED) is 0.721. The van der Waals surface area contributed by atoms with Gasteiger partial charge >= 0.3 is 0 Å². The molecule has 6 heteroatoms. The van der Waals surface area contributed by atoms with Crippen LogP contribution >= 0.6 is 0 Å². The minimum Gasteiger partial charge on any atom is -0.491 e. The first-order valence-electron chi connectivity index (χ1n) is 9.94. The van der Waals surface area contributed by atoms with Gasteiger partial charge in [0.15, 0.2) is 0 Å². The topological polar surface area (TPSA) is 72.4 Å². The molecule has 1 saturated carbocycles. The number of aromatic nitrogens is 1. The van der Waals surface area contributed by atoms with Crippen LogP contribution in [-0.2, 0) is 7.05 Å². The number of fused-ring (bicyclic) bond motifs is 2. The monoisotopic (exact) mass is 389 g/mol. The molecule has 2 amide bonds. The highest BCUT2D eigenvalue weighted by Crippen LogP contribution is 2.43. The number of nitrogens with zero attached hydrogens (tertiary/aromatic N) is 1. The van der Waals surface area contributed by atoms with E-state index in [1.807, 2.05) is 25.4 Å². The van der Waals surface area contributed by atoms with Crippen molar-refractivity contribution in [3.63, 3.8) is 0 Å². The second-order valence-electron chi connectivity index (χ2n) is 7.84. The van der Waals surface area contributed by atoms with Gasteiger partial charge in [-0.05, 0) is 42.7 Å². The second kappa shape index (κ2) is 6.65.